The molecular formula is C24H25ClN9O8S2+. The van der Waals surface area contributed by atoms with Crippen LogP contribution in [0.15, 0.2) is 34.8 Å². The van der Waals surface area contributed by atoms with Crippen LogP contribution in [-0.2, 0) is 37.1 Å². The first-order chi connectivity index (χ1) is 20.9. The second-order valence-electron chi connectivity index (χ2n) is 9.51. The summed E-state index contributed by atoms with van der Waals surface area (Å²) in [6.45, 7) is 1.34. The van der Waals surface area contributed by atoms with E-state index < -0.39 is 47.0 Å². The molecule has 0 saturated carbocycles. The summed E-state index contributed by atoms with van der Waals surface area (Å²) in [5, 5.41) is 34.0. The number of carboxylic acid groups (broad SMARTS) is 2. The van der Waals surface area contributed by atoms with Gasteiger partial charge in [0.1, 0.15) is 39.2 Å². The number of pyridine rings is 1. The monoisotopic (exact) mass is 666 g/mol. The number of β-lactam (4-membered cyclic amide) rings is 1. The molecule has 0 spiro atoms. The van der Waals surface area contributed by atoms with Gasteiger partial charge in [-0.2, -0.15) is 0 Å². The van der Waals surface area contributed by atoms with Crippen molar-refractivity contribution in [1.29, 1.82) is 0 Å². The molecule has 1 fully saturated rings. The van der Waals surface area contributed by atoms with Crippen molar-refractivity contribution >= 4 is 86.4 Å². The number of fused-ring (bicyclic) bond motifs is 2. The lowest BCUT2D eigenvalue weighted by molar-refractivity contribution is -0.664. The van der Waals surface area contributed by atoms with Crippen LogP contribution in [0, 0.1) is 0 Å². The Morgan fingerprint density at radius 3 is 2.70 bits per heavy atom. The van der Waals surface area contributed by atoms with E-state index in [1.807, 2.05) is 0 Å². The minimum atomic E-state index is -1.42. The molecule has 20 heteroatoms. The van der Waals surface area contributed by atoms with Crippen molar-refractivity contribution in [1.82, 2.24) is 24.8 Å². The van der Waals surface area contributed by atoms with Crippen molar-refractivity contribution in [2.45, 2.75) is 37.5 Å². The number of amides is 2. The van der Waals surface area contributed by atoms with Gasteiger partial charge in [0, 0.05) is 11.3 Å². The molecule has 2 aliphatic rings. The third-order valence-corrected chi connectivity index (χ3v) is 9.14. The molecule has 3 aromatic heterocycles. The Morgan fingerprint density at radius 1 is 1.32 bits per heavy atom. The van der Waals surface area contributed by atoms with Gasteiger partial charge < -0.3 is 36.9 Å². The minimum Gasteiger partial charge on any atom is -0.478 e. The predicted octanol–water partition coefficient (Wildman–Crippen LogP) is -0.777. The first-order valence-corrected chi connectivity index (χ1v) is 15.0. The molecule has 2 aliphatic heterocycles. The Bertz CT molecular complexity index is 1760. The molecule has 1 saturated heterocycles. The van der Waals surface area contributed by atoms with Crippen LogP contribution in [0.2, 0.25) is 4.34 Å². The molecule has 0 aliphatic carbocycles. The maximum atomic E-state index is 13.3. The standard InChI is InChI=1S/C24H24ClN9O8S2/c1-9(21(38)39)42-31-13(12-16(25)44-24(27)29-12)18(36)28-14-19(37)34-15(22(40)41)10(8-43-20(14)34)7-32-4-2-3-11-17(32)30-23(26)33(11)5-6-35/h2-4,9,14,20,26,35H,5-8H2,1H3,(H5,27,28,29,36,38,39,40,41)/p+1/b31-13-/t9-,14+,20?/m0/s1. The summed E-state index contributed by atoms with van der Waals surface area (Å²) in [7, 11) is 0. The number of imidazole rings is 1. The number of carboxylic acids is 2. The van der Waals surface area contributed by atoms with Crippen LogP contribution < -0.4 is 21.4 Å². The summed E-state index contributed by atoms with van der Waals surface area (Å²) in [5.41, 5.74) is 12.3. The van der Waals surface area contributed by atoms with Gasteiger partial charge in [-0.1, -0.05) is 28.1 Å². The van der Waals surface area contributed by atoms with Gasteiger partial charge >= 0.3 is 23.5 Å². The van der Waals surface area contributed by atoms with Crippen LogP contribution in [0.3, 0.4) is 0 Å². The number of carbonyl (C=O) groups excluding carboxylic acids is 2. The first kappa shape index (κ1) is 31.0. The van der Waals surface area contributed by atoms with Gasteiger partial charge in [-0.25, -0.2) is 19.1 Å². The lowest BCUT2D eigenvalue weighted by Crippen LogP contribution is -2.71. The number of aliphatic hydroxyl groups excluding tert-OH is 1. The zero-order chi connectivity index (χ0) is 31.9. The first-order valence-electron chi connectivity index (χ1n) is 12.8. The number of hydrogen-bond acceptors (Lipinski definition) is 13. The Labute approximate surface area is 260 Å². The molecule has 3 aromatic rings. The third-order valence-electron chi connectivity index (χ3n) is 6.72. The van der Waals surface area contributed by atoms with E-state index in [0.29, 0.717) is 16.7 Å². The molecule has 5 heterocycles. The minimum absolute atomic E-state index is 0.00527. The summed E-state index contributed by atoms with van der Waals surface area (Å²) in [4.78, 5) is 64.5. The van der Waals surface area contributed by atoms with Crippen molar-refractivity contribution in [3.63, 3.8) is 0 Å². The average Bonchev–Trinajstić information content (AvgIpc) is 3.48. The van der Waals surface area contributed by atoms with Gasteiger partial charge in [0.15, 0.2) is 10.8 Å². The van der Waals surface area contributed by atoms with Crippen molar-refractivity contribution in [3.8, 4) is 0 Å². The number of nitrogens with one attached hydrogen (secondary N) is 1. The number of aliphatic hydroxyl groups is 1. The van der Waals surface area contributed by atoms with Gasteiger partial charge in [-0.3, -0.25) is 19.1 Å². The Morgan fingerprint density at radius 2 is 2.07 bits per heavy atom. The third kappa shape index (κ3) is 5.61. The number of rotatable bonds is 11. The summed E-state index contributed by atoms with van der Waals surface area (Å²) < 4.78 is 3.31. The second kappa shape index (κ2) is 12.3. The van der Waals surface area contributed by atoms with Crippen LogP contribution in [0.25, 0.3) is 11.2 Å². The summed E-state index contributed by atoms with van der Waals surface area (Å²) in [5.74, 6) is -3.94. The van der Waals surface area contributed by atoms with Crippen LogP contribution in [0.5, 0.6) is 0 Å². The van der Waals surface area contributed by atoms with Crippen molar-refractivity contribution < 1.29 is 43.9 Å². The fourth-order valence-corrected chi connectivity index (χ4v) is 6.93. The van der Waals surface area contributed by atoms with Crippen LogP contribution in [0.1, 0.15) is 12.6 Å². The number of halogens is 1. The number of hydrogen-bond donors (Lipinski definition) is 6. The fourth-order valence-electron chi connectivity index (χ4n) is 4.67. The van der Waals surface area contributed by atoms with Crippen molar-refractivity contribution in [2.24, 2.45) is 5.16 Å². The van der Waals surface area contributed by atoms with Gasteiger partial charge in [-0.05, 0) is 24.0 Å². The molecule has 0 aromatic carbocycles. The van der Waals surface area contributed by atoms with Crippen LogP contribution in [-0.4, -0.2) is 94.1 Å². The zero-order valence-corrected chi connectivity index (χ0v) is 25.1. The maximum absolute atomic E-state index is 13.3. The van der Waals surface area contributed by atoms with Gasteiger partial charge in [0.2, 0.25) is 6.10 Å². The van der Waals surface area contributed by atoms with E-state index in [1.54, 1.807) is 27.5 Å². The molecule has 0 radical (unpaired) electrons. The normalized spacial score (nSPS) is 19.0. The summed E-state index contributed by atoms with van der Waals surface area (Å²) >= 11 is 8.23. The maximum Gasteiger partial charge on any atom is 0.352 e. The number of nitrogens with two attached hydrogens (primary N) is 2. The van der Waals surface area contributed by atoms with E-state index in [2.05, 4.69) is 20.4 Å². The Kier molecular flexibility index (Phi) is 8.64. The number of anilines is 2. The Hall–Kier alpha value is -4.46. The zero-order valence-electron chi connectivity index (χ0n) is 22.7. The molecule has 0 bridgehead atoms. The number of aromatic nitrogens is 4. The van der Waals surface area contributed by atoms with Crippen molar-refractivity contribution in [3.05, 3.63) is 39.6 Å². The topological polar surface area (TPSA) is 252 Å². The highest BCUT2D eigenvalue weighted by Crippen LogP contribution is 2.40. The SMILES string of the molecule is C[C@H](O/N=C(\C(=O)N[C@@H]1C(=O)N2C(C(=O)O)=C(C[n+]3cccc4c3nc(N)n4CCO)CSC12)c1nc(N)sc1Cl)C(=O)O. The highest BCUT2D eigenvalue weighted by atomic mass is 35.5. The number of nitrogens with zero attached hydrogens (tertiary/aromatic N) is 6. The smallest absolute Gasteiger partial charge is 0.352 e. The molecule has 1 unspecified atom stereocenters. The van der Waals surface area contributed by atoms with Crippen LogP contribution in [0.4, 0.5) is 11.1 Å². The predicted molar refractivity (Wildman–Crippen MR) is 157 cm³/mol. The van der Waals surface area contributed by atoms with E-state index in [0.717, 1.165) is 16.2 Å². The average molecular weight is 667 g/mol. The number of aliphatic carboxylic acids is 2. The highest BCUT2D eigenvalue weighted by Gasteiger charge is 2.54. The lowest BCUT2D eigenvalue weighted by Gasteiger charge is -2.49. The van der Waals surface area contributed by atoms with E-state index in [9.17, 15) is 29.4 Å². The van der Waals surface area contributed by atoms with Crippen LogP contribution >= 0.6 is 34.7 Å². The quantitative estimate of drug-likeness (QED) is 0.0637. The molecule has 2 amide bonds. The van der Waals surface area contributed by atoms with Crippen molar-refractivity contribution in [2.75, 3.05) is 23.8 Å². The largest absolute Gasteiger partial charge is 0.478 e. The van der Waals surface area contributed by atoms with E-state index in [4.69, 9.17) is 33.0 Å². The summed E-state index contributed by atoms with van der Waals surface area (Å²) in [6, 6.07) is 2.36. The molecule has 5 rings (SSSR count). The number of oxime groups is 1. The Balaban J connectivity index is 1.40. The molecule has 17 nitrogen and oxygen atoms in total. The van der Waals surface area contributed by atoms with Gasteiger partial charge in [0.05, 0.1) is 19.3 Å². The number of thiazole rings is 1. The molecular weight excluding hydrogens is 642 g/mol. The molecule has 44 heavy (non-hydrogen) atoms. The molecule has 3 atom stereocenters. The molecule has 8 N–H and O–H groups in total. The lowest BCUT2D eigenvalue weighted by atomic mass is 10.0. The van der Waals surface area contributed by atoms with E-state index >= 15 is 0 Å². The van der Waals surface area contributed by atoms with E-state index in [1.165, 1.54) is 18.7 Å². The van der Waals surface area contributed by atoms with E-state index in [-0.39, 0.29) is 52.3 Å². The second-order valence-corrected chi connectivity index (χ2v) is 12.2. The number of thioether (sulfide) groups is 1. The molecule has 232 valence electrons. The highest BCUT2D eigenvalue weighted by molar-refractivity contribution is 8.00. The summed E-state index contributed by atoms with van der Waals surface area (Å²) in [6.07, 6.45) is 0.278. The number of nitrogen functional groups attached to an aromatic ring is 2. The fraction of sp³-hybridized carbons (Fsp3) is 0.333. The van der Waals surface area contributed by atoms with Gasteiger partial charge in [-0.15, -0.1) is 11.8 Å². The number of carbonyl (C=O) groups is 4. The van der Waals surface area contributed by atoms with Gasteiger partial charge in [0.25, 0.3) is 11.8 Å².